The summed E-state index contributed by atoms with van der Waals surface area (Å²) in [5, 5.41) is 14.0. The number of fused-ring (bicyclic) bond motifs is 1. The molecule has 0 unspecified atom stereocenters. The summed E-state index contributed by atoms with van der Waals surface area (Å²) in [4.78, 5) is 36.3. The third-order valence-electron chi connectivity index (χ3n) is 5.65. The van der Waals surface area contributed by atoms with Crippen molar-refractivity contribution in [1.29, 1.82) is 0 Å². The smallest absolute Gasteiger partial charge is 0.341 e. The van der Waals surface area contributed by atoms with Gasteiger partial charge in [0.05, 0.1) is 30.2 Å². The molecule has 29 heavy (non-hydrogen) atoms. The minimum Gasteiger partial charge on any atom is -0.493 e. The van der Waals surface area contributed by atoms with Gasteiger partial charge in [-0.25, -0.2) is 4.79 Å². The summed E-state index contributed by atoms with van der Waals surface area (Å²) in [7, 11) is 1.39. The van der Waals surface area contributed by atoms with Gasteiger partial charge in [0, 0.05) is 0 Å². The number of carbonyl (C=O) groups is 3. The lowest BCUT2D eigenvalue weighted by Crippen LogP contribution is -2.38. The quantitative estimate of drug-likeness (QED) is 0.432. The molecular weight excluding hydrogens is 400 g/mol. The predicted octanol–water partition coefficient (Wildman–Crippen LogP) is 2.34. The highest BCUT2D eigenvalue weighted by atomic mass is 35.5. The van der Waals surface area contributed by atoms with Crippen molar-refractivity contribution in [2.75, 3.05) is 13.7 Å². The number of hydrogen-bond donors (Lipinski definition) is 1. The van der Waals surface area contributed by atoms with E-state index in [2.05, 4.69) is 5.10 Å². The second-order valence-electron chi connectivity index (χ2n) is 7.29. The van der Waals surface area contributed by atoms with Crippen LogP contribution in [0, 0.1) is 23.7 Å². The van der Waals surface area contributed by atoms with E-state index in [1.54, 1.807) is 0 Å². The van der Waals surface area contributed by atoms with E-state index >= 15 is 0 Å². The van der Waals surface area contributed by atoms with Crippen molar-refractivity contribution in [1.82, 2.24) is 5.01 Å². The average Bonchev–Trinajstić information content (AvgIpc) is 2.98. The zero-order valence-electron chi connectivity index (χ0n) is 15.6. The van der Waals surface area contributed by atoms with E-state index in [1.807, 2.05) is 12.2 Å². The van der Waals surface area contributed by atoms with Crippen LogP contribution in [0.4, 0.5) is 0 Å². The molecular formula is C20H19ClN2O6. The third-order valence-corrected chi connectivity index (χ3v) is 5.93. The largest absolute Gasteiger partial charge is 0.493 e. The Labute approximate surface area is 171 Å². The molecule has 1 N–H and O–H groups in total. The number of carboxylic acid groups (broad SMARTS) is 1. The van der Waals surface area contributed by atoms with Crippen LogP contribution in [0.3, 0.4) is 0 Å². The van der Waals surface area contributed by atoms with Crippen molar-refractivity contribution in [3.8, 4) is 11.5 Å². The zero-order chi connectivity index (χ0) is 20.7. The minimum atomic E-state index is -1.15. The third kappa shape index (κ3) is 3.37. The number of imide groups is 1. The molecule has 1 saturated carbocycles. The van der Waals surface area contributed by atoms with Crippen LogP contribution in [0.25, 0.3) is 0 Å². The van der Waals surface area contributed by atoms with Gasteiger partial charge in [-0.1, -0.05) is 23.8 Å². The van der Waals surface area contributed by atoms with Crippen molar-refractivity contribution in [2.24, 2.45) is 28.8 Å². The molecule has 5 rings (SSSR count). The number of carboxylic acids is 1. The molecule has 2 amide bonds. The summed E-state index contributed by atoms with van der Waals surface area (Å²) in [6.07, 6.45) is 7.30. The number of aliphatic carboxylic acids is 1. The molecule has 2 bridgehead atoms. The number of allylic oxidation sites excluding steroid dienone is 2. The number of carbonyl (C=O) groups excluding carboxylic acids is 2. The Morgan fingerprint density at radius 2 is 1.86 bits per heavy atom. The van der Waals surface area contributed by atoms with Crippen LogP contribution >= 0.6 is 11.6 Å². The molecule has 1 aromatic carbocycles. The van der Waals surface area contributed by atoms with E-state index < -0.39 is 12.6 Å². The van der Waals surface area contributed by atoms with Crippen molar-refractivity contribution in [3.63, 3.8) is 0 Å². The van der Waals surface area contributed by atoms with Gasteiger partial charge in [-0.3, -0.25) is 9.59 Å². The number of nitrogens with zero attached hydrogens (tertiary/aromatic N) is 2. The van der Waals surface area contributed by atoms with Gasteiger partial charge in [-0.15, -0.1) is 0 Å². The summed E-state index contributed by atoms with van der Waals surface area (Å²) in [6.45, 7) is -0.570. The first-order valence-corrected chi connectivity index (χ1v) is 9.60. The molecule has 1 aliphatic heterocycles. The van der Waals surface area contributed by atoms with Gasteiger partial charge >= 0.3 is 5.97 Å². The van der Waals surface area contributed by atoms with Gasteiger partial charge in [0.2, 0.25) is 0 Å². The normalized spacial score (nSPS) is 27.6. The molecule has 1 aromatic rings. The highest BCUT2D eigenvalue weighted by molar-refractivity contribution is 6.32. The first-order chi connectivity index (χ1) is 13.9. The Hall–Kier alpha value is -2.87. The van der Waals surface area contributed by atoms with Gasteiger partial charge in [0.15, 0.2) is 18.1 Å². The number of hydrogen-bond acceptors (Lipinski definition) is 6. The number of rotatable bonds is 6. The van der Waals surface area contributed by atoms with Gasteiger partial charge in [-0.2, -0.15) is 10.1 Å². The van der Waals surface area contributed by atoms with Gasteiger partial charge < -0.3 is 14.6 Å². The van der Waals surface area contributed by atoms with Crippen LogP contribution in [0.2, 0.25) is 5.02 Å². The lowest BCUT2D eigenvalue weighted by Gasteiger charge is -2.37. The second kappa shape index (κ2) is 7.51. The van der Waals surface area contributed by atoms with Crippen LogP contribution in [0.15, 0.2) is 29.4 Å². The summed E-state index contributed by atoms with van der Waals surface area (Å²) < 4.78 is 10.4. The SMILES string of the molecule is COc1cc(/C=N\N2C(=O)[C@@H]3[C@@H](C2=O)[C@@H]2C=C[C@@H]3CC2)cc(Cl)c1OCC(=O)O. The Morgan fingerprint density at radius 1 is 1.24 bits per heavy atom. The molecule has 4 atom stereocenters. The minimum absolute atomic E-state index is 0.0933. The van der Waals surface area contributed by atoms with Gasteiger partial charge in [0.25, 0.3) is 11.8 Å². The Balaban J connectivity index is 1.56. The Bertz CT molecular complexity index is 911. The highest BCUT2D eigenvalue weighted by Gasteiger charge is 2.56. The van der Waals surface area contributed by atoms with Crippen LogP contribution in [0.5, 0.6) is 11.5 Å². The van der Waals surface area contributed by atoms with Crippen LogP contribution in [-0.2, 0) is 14.4 Å². The van der Waals surface area contributed by atoms with E-state index in [4.69, 9.17) is 26.2 Å². The standard InChI is InChI=1S/C20H19ClN2O6/c1-28-14-7-10(6-13(21)18(14)29-9-15(24)25)8-22-23-19(26)16-11-2-3-12(5-4-11)17(16)20(23)27/h2-3,6-8,11-12,16-17H,4-5,9H2,1H3,(H,24,25)/b22-8-/t11-,12-,16+,17+/m1/s1. The molecule has 1 heterocycles. The fraction of sp³-hybridized carbons (Fsp3) is 0.400. The number of hydrazone groups is 1. The number of methoxy groups -OCH3 is 1. The summed E-state index contributed by atoms with van der Waals surface area (Å²) in [5.74, 6) is -1.83. The molecule has 2 fully saturated rings. The highest BCUT2D eigenvalue weighted by Crippen LogP contribution is 2.49. The summed E-state index contributed by atoms with van der Waals surface area (Å²) in [5.41, 5.74) is 0.478. The molecule has 4 aliphatic rings. The van der Waals surface area contributed by atoms with E-state index in [1.165, 1.54) is 25.5 Å². The number of ether oxygens (including phenoxy) is 2. The van der Waals surface area contributed by atoms with E-state index in [9.17, 15) is 14.4 Å². The molecule has 0 radical (unpaired) electrons. The lowest BCUT2D eigenvalue weighted by molar-refractivity contribution is -0.141. The summed E-state index contributed by atoms with van der Waals surface area (Å²) >= 11 is 6.18. The first-order valence-electron chi connectivity index (χ1n) is 9.23. The maximum Gasteiger partial charge on any atom is 0.341 e. The molecule has 0 aromatic heterocycles. The van der Waals surface area contributed by atoms with Crippen molar-refractivity contribution in [2.45, 2.75) is 12.8 Å². The predicted molar refractivity (Wildman–Crippen MR) is 103 cm³/mol. The molecule has 8 nitrogen and oxygen atoms in total. The fourth-order valence-electron chi connectivity index (χ4n) is 4.38. The number of halogens is 1. The summed E-state index contributed by atoms with van der Waals surface area (Å²) in [6, 6.07) is 3.03. The monoisotopic (exact) mass is 418 g/mol. The van der Waals surface area contributed by atoms with E-state index in [0.717, 1.165) is 17.9 Å². The van der Waals surface area contributed by atoms with Crippen LogP contribution < -0.4 is 9.47 Å². The zero-order valence-corrected chi connectivity index (χ0v) is 16.3. The molecule has 0 spiro atoms. The molecule has 9 heteroatoms. The van der Waals surface area contributed by atoms with Gasteiger partial charge in [0.1, 0.15) is 0 Å². The molecule has 3 aliphatic carbocycles. The molecule has 1 saturated heterocycles. The van der Waals surface area contributed by atoms with E-state index in [-0.39, 0.29) is 52.0 Å². The van der Waals surface area contributed by atoms with Crippen molar-refractivity contribution in [3.05, 3.63) is 34.9 Å². The van der Waals surface area contributed by atoms with Crippen LogP contribution in [-0.4, -0.2) is 47.8 Å². The van der Waals surface area contributed by atoms with Gasteiger partial charge in [-0.05, 0) is 42.4 Å². The van der Waals surface area contributed by atoms with Crippen LogP contribution in [0.1, 0.15) is 18.4 Å². The average molecular weight is 419 g/mol. The Morgan fingerprint density at radius 3 is 2.38 bits per heavy atom. The lowest BCUT2D eigenvalue weighted by atomic mass is 9.63. The van der Waals surface area contributed by atoms with Crippen molar-refractivity contribution >= 4 is 35.6 Å². The number of amides is 2. The topological polar surface area (TPSA) is 106 Å². The molecule has 152 valence electrons. The van der Waals surface area contributed by atoms with E-state index in [0.29, 0.717) is 5.56 Å². The fourth-order valence-corrected chi connectivity index (χ4v) is 4.66. The maximum absolute atomic E-state index is 12.8. The van der Waals surface area contributed by atoms with Crippen molar-refractivity contribution < 1.29 is 29.0 Å². The number of benzene rings is 1. The maximum atomic E-state index is 12.8. The first kappa shape index (κ1) is 19.4. The Kier molecular flexibility index (Phi) is 5.04. The second-order valence-corrected chi connectivity index (χ2v) is 7.70.